The van der Waals surface area contributed by atoms with Gasteiger partial charge in [-0.2, -0.15) is 5.10 Å². The van der Waals surface area contributed by atoms with Crippen LogP contribution >= 0.6 is 23.2 Å². The number of rotatable bonds is 6. The Labute approximate surface area is 134 Å². The minimum absolute atomic E-state index is 0.0868. The molecule has 114 valence electrons. The van der Waals surface area contributed by atoms with Gasteiger partial charge in [0.1, 0.15) is 12.4 Å². The monoisotopic (exact) mass is 328 g/mol. The Kier molecular flexibility index (Phi) is 5.47. The summed E-state index contributed by atoms with van der Waals surface area (Å²) in [5.41, 5.74) is 4.47. The second-order valence-electron chi connectivity index (χ2n) is 4.81. The Hall–Kier alpha value is -1.27. The molecule has 1 atom stereocenters. The zero-order chi connectivity index (χ0) is 15.4. The van der Waals surface area contributed by atoms with E-state index in [0.717, 1.165) is 11.4 Å². The van der Waals surface area contributed by atoms with Crippen LogP contribution in [0.5, 0.6) is 5.75 Å². The smallest absolute Gasteiger partial charge is 0.120 e. The van der Waals surface area contributed by atoms with Gasteiger partial charge in [-0.1, -0.05) is 29.3 Å². The lowest BCUT2D eigenvalue weighted by atomic mass is 10.1. The van der Waals surface area contributed by atoms with Crippen LogP contribution in [-0.4, -0.2) is 22.4 Å². The Morgan fingerprint density at radius 3 is 2.76 bits per heavy atom. The summed E-state index contributed by atoms with van der Waals surface area (Å²) in [6.07, 6.45) is 0.618. The lowest BCUT2D eigenvalue weighted by molar-refractivity contribution is 0.262. The van der Waals surface area contributed by atoms with Crippen molar-refractivity contribution in [3.63, 3.8) is 0 Å². The van der Waals surface area contributed by atoms with Crippen molar-refractivity contribution in [3.8, 4) is 5.75 Å². The summed E-state index contributed by atoms with van der Waals surface area (Å²) in [7, 11) is 1.86. The number of benzene rings is 1. The Bertz CT molecular complexity index is 615. The van der Waals surface area contributed by atoms with E-state index in [1.165, 1.54) is 0 Å². The van der Waals surface area contributed by atoms with Crippen LogP contribution in [0.2, 0.25) is 10.0 Å². The highest BCUT2D eigenvalue weighted by atomic mass is 35.5. The van der Waals surface area contributed by atoms with Gasteiger partial charge < -0.3 is 4.74 Å². The molecule has 2 rings (SSSR count). The average Bonchev–Trinajstić information content (AvgIpc) is 2.69. The van der Waals surface area contributed by atoms with Gasteiger partial charge in [0, 0.05) is 18.5 Å². The maximum Gasteiger partial charge on any atom is 0.120 e. The standard InChI is InChI=1S/C14H18Cl2N4O/c1-9-14(16)13(20(2)19-9)7-11(18-17)8-21-12-5-3-4-10(15)6-12/h3-6,11,18H,7-8,17H2,1-2H3. The lowest BCUT2D eigenvalue weighted by Gasteiger charge is -2.17. The van der Waals surface area contributed by atoms with Crippen molar-refractivity contribution in [2.75, 3.05) is 6.61 Å². The average molecular weight is 329 g/mol. The van der Waals surface area contributed by atoms with E-state index in [4.69, 9.17) is 33.8 Å². The van der Waals surface area contributed by atoms with Crippen molar-refractivity contribution in [2.45, 2.75) is 19.4 Å². The molecule has 2 aromatic rings. The maximum absolute atomic E-state index is 6.24. The molecule has 0 bridgehead atoms. The molecule has 0 amide bonds. The van der Waals surface area contributed by atoms with Gasteiger partial charge in [-0.3, -0.25) is 16.0 Å². The Morgan fingerprint density at radius 1 is 1.43 bits per heavy atom. The molecule has 1 unspecified atom stereocenters. The lowest BCUT2D eigenvalue weighted by Crippen LogP contribution is -2.41. The van der Waals surface area contributed by atoms with Gasteiger partial charge in [0.2, 0.25) is 0 Å². The summed E-state index contributed by atoms with van der Waals surface area (Å²) in [5.74, 6) is 6.30. The molecule has 1 aromatic carbocycles. The SMILES string of the molecule is Cc1nn(C)c(CC(COc2cccc(Cl)c2)NN)c1Cl. The predicted octanol–water partition coefficient (Wildman–Crippen LogP) is 2.49. The topological polar surface area (TPSA) is 65.1 Å². The molecule has 0 aliphatic rings. The predicted molar refractivity (Wildman–Crippen MR) is 84.7 cm³/mol. The molecule has 0 aliphatic heterocycles. The van der Waals surface area contributed by atoms with Gasteiger partial charge in [-0.05, 0) is 25.1 Å². The van der Waals surface area contributed by atoms with Crippen molar-refractivity contribution < 1.29 is 4.74 Å². The fourth-order valence-corrected chi connectivity index (χ4v) is 2.47. The third-order valence-corrected chi connectivity index (χ3v) is 3.91. The van der Waals surface area contributed by atoms with E-state index in [9.17, 15) is 0 Å². The van der Waals surface area contributed by atoms with Gasteiger partial charge >= 0.3 is 0 Å². The van der Waals surface area contributed by atoms with Gasteiger partial charge in [0.05, 0.1) is 22.5 Å². The minimum atomic E-state index is -0.0868. The summed E-state index contributed by atoms with van der Waals surface area (Å²) in [6, 6.07) is 7.16. The number of aromatic nitrogens is 2. The number of nitrogens with zero attached hydrogens (tertiary/aromatic N) is 2. The van der Waals surface area contributed by atoms with Gasteiger partial charge in [0.25, 0.3) is 0 Å². The first-order chi connectivity index (χ1) is 10.0. The van der Waals surface area contributed by atoms with Gasteiger partial charge in [-0.15, -0.1) is 0 Å². The van der Waals surface area contributed by atoms with Gasteiger partial charge in [0.15, 0.2) is 0 Å². The van der Waals surface area contributed by atoms with Gasteiger partial charge in [-0.25, -0.2) is 0 Å². The van der Waals surface area contributed by atoms with E-state index < -0.39 is 0 Å². The molecule has 3 N–H and O–H groups in total. The summed E-state index contributed by atoms with van der Waals surface area (Å²) in [6.45, 7) is 2.27. The van der Waals surface area contributed by atoms with E-state index in [1.807, 2.05) is 26.1 Å². The zero-order valence-electron chi connectivity index (χ0n) is 11.9. The summed E-state index contributed by atoms with van der Waals surface area (Å²) >= 11 is 12.2. The summed E-state index contributed by atoms with van der Waals surface area (Å²) < 4.78 is 7.46. The number of hydrogen-bond acceptors (Lipinski definition) is 4. The van der Waals surface area contributed by atoms with E-state index in [0.29, 0.717) is 28.8 Å². The van der Waals surface area contributed by atoms with Crippen LogP contribution in [0.25, 0.3) is 0 Å². The van der Waals surface area contributed by atoms with Crippen LogP contribution in [0.4, 0.5) is 0 Å². The van der Waals surface area contributed by atoms with Crippen LogP contribution in [0.3, 0.4) is 0 Å². The van der Waals surface area contributed by atoms with Crippen LogP contribution < -0.4 is 16.0 Å². The van der Waals surface area contributed by atoms with Crippen molar-refractivity contribution >= 4 is 23.2 Å². The number of nitrogens with two attached hydrogens (primary N) is 1. The van der Waals surface area contributed by atoms with Crippen molar-refractivity contribution in [1.82, 2.24) is 15.2 Å². The molecule has 0 fully saturated rings. The second kappa shape index (κ2) is 7.13. The van der Waals surface area contributed by atoms with Crippen LogP contribution in [0.15, 0.2) is 24.3 Å². The molecule has 0 saturated heterocycles. The second-order valence-corrected chi connectivity index (χ2v) is 5.62. The summed E-state index contributed by atoms with van der Waals surface area (Å²) in [4.78, 5) is 0. The molecule has 0 spiro atoms. The van der Waals surface area contributed by atoms with Crippen molar-refractivity contribution in [2.24, 2.45) is 12.9 Å². The quantitative estimate of drug-likeness (QED) is 0.631. The number of aryl methyl sites for hydroxylation is 2. The minimum Gasteiger partial charge on any atom is -0.492 e. The number of hydrogen-bond donors (Lipinski definition) is 2. The summed E-state index contributed by atoms with van der Waals surface area (Å²) in [5, 5.41) is 5.59. The first-order valence-corrected chi connectivity index (χ1v) is 7.29. The first kappa shape index (κ1) is 16.1. The molecule has 21 heavy (non-hydrogen) atoms. The van der Waals surface area contributed by atoms with Crippen LogP contribution in [-0.2, 0) is 13.5 Å². The van der Waals surface area contributed by atoms with Crippen molar-refractivity contribution in [1.29, 1.82) is 0 Å². The third kappa shape index (κ3) is 4.11. The highest BCUT2D eigenvalue weighted by Gasteiger charge is 2.17. The third-order valence-electron chi connectivity index (χ3n) is 3.18. The number of nitrogens with one attached hydrogen (secondary N) is 1. The van der Waals surface area contributed by atoms with Crippen molar-refractivity contribution in [3.05, 3.63) is 45.7 Å². The fraction of sp³-hybridized carbons (Fsp3) is 0.357. The zero-order valence-corrected chi connectivity index (χ0v) is 13.4. The van der Waals surface area contributed by atoms with Crippen LogP contribution in [0.1, 0.15) is 11.4 Å². The molecule has 0 saturated carbocycles. The molecule has 7 heteroatoms. The Balaban J connectivity index is 2.00. The highest BCUT2D eigenvalue weighted by molar-refractivity contribution is 6.31. The molecule has 0 aliphatic carbocycles. The molecular weight excluding hydrogens is 311 g/mol. The molecule has 5 nitrogen and oxygen atoms in total. The molecule has 0 radical (unpaired) electrons. The fourth-order valence-electron chi connectivity index (χ4n) is 2.05. The van der Waals surface area contributed by atoms with E-state index in [2.05, 4.69) is 10.5 Å². The number of halogens is 2. The number of ether oxygens (including phenoxy) is 1. The van der Waals surface area contributed by atoms with Crippen LogP contribution in [0, 0.1) is 6.92 Å². The Morgan fingerprint density at radius 2 is 2.19 bits per heavy atom. The molecule has 1 heterocycles. The highest BCUT2D eigenvalue weighted by Crippen LogP contribution is 2.21. The van der Waals surface area contributed by atoms with E-state index in [-0.39, 0.29) is 6.04 Å². The molecule has 1 aromatic heterocycles. The van der Waals surface area contributed by atoms with E-state index >= 15 is 0 Å². The van der Waals surface area contributed by atoms with E-state index in [1.54, 1.807) is 16.8 Å². The normalized spacial score (nSPS) is 12.4. The molecular formula is C14H18Cl2N4O. The first-order valence-electron chi connectivity index (χ1n) is 6.53. The number of hydrazine groups is 1. The maximum atomic E-state index is 6.24. The largest absolute Gasteiger partial charge is 0.492 e.